The molecule has 2 amide bonds. The molecule has 2 aliphatic rings. The number of piperidine rings is 1. The summed E-state index contributed by atoms with van der Waals surface area (Å²) in [5.41, 5.74) is 2.00. The van der Waals surface area contributed by atoms with Crippen LogP contribution < -0.4 is 10.1 Å². The lowest BCUT2D eigenvalue weighted by Gasteiger charge is -2.50. The fourth-order valence-corrected chi connectivity index (χ4v) is 5.50. The van der Waals surface area contributed by atoms with Crippen LogP contribution in [0.4, 0.5) is 9.18 Å². The van der Waals surface area contributed by atoms with E-state index >= 15 is 0 Å². The summed E-state index contributed by atoms with van der Waals surface area (Å²) >= 11 is 0. The fourth-order valence-electron chi connectivity index (χ4n) is 5.50. The number of benzene rings is 2. The smallest absolute Gasteiger partial charge is 0.318 e. The molecule has 1 saturated carbocycles. The highest BCUT2D eigenvalue weighted by molar-refractivity contribution is 5.74. The van der Waals surface area contributed by atoms with Crippen LogP contribution in [-0.2, 0) is 13.1 Å². The number of urea groups is 1. The number of ether oxygens (including phenoxy) is 1. The number of amides is 2. The van der Waals surface area contributed by atoms with Gasteiger partial charge >= 0.3 is 6.03 Å². The molecule has 2 fully saturated rings. The third-order valence-electron chi connectivity index (χ3n) is 7.05. The zero-order valence-corrected chi connectivity index (χ0v) is 20.7. The normalized spacial score (nSPS) is 22.4. The predicted molar refractivity (Wildman–Crippen MR) is 133 cm³/mol. The first-order chi connectivity index (χ1) is 16.4. The number of hydrogen-bond acceptors (Lipinski definition) is 3. The minimum absolute atomic E-state index is 0.0455. The molecule has 0 radical (unpaired) electrons. The Bertz CT molecular complexity index is 918. The summed E-state index contributed by atoms with van der Waals surface area (Å²) in [7, 11) is 2.18. The number of nitrogens with one attached hydrogen (secondary N) is 1. The average molecular weight is 468 g/mol. The monoisotopic (exact) mass is 467 g/mol. The van der Waals surface area contributed by atoms with Crippen molar-refractivity contribution in [3.05, 3.63) is 65.5 Å². The lowest BCUT2D eigenvalue weighted by Crippen LogP contribution is -2.60. The third kappa shape index (κ3) is 6.29. The van der Waals surface area contributed by atoms with Crippen molar-refractivity contribution in [2.75, 3.05) is 26.7 Å². The Hall–Kier alpha value is -2.60. The molecule has 1 aliphatic carbocycles. The van der Waals surface area contributed by atoms with Crippen LogP contribution in [0.1, 0.15) is 44.2 Å². The van der Waals surface area contributed by atoms with Gasteiger partial charge in [-0.25, -0.2) is 9.18 Å². The second-order valence-electron chi connectivity index (χ2n) is 10.4. The third-order valence-corrected chi connectivity index (χ3v) is 7.05. The number of halogens is 1. The van der Waals surface area contributed by atoms with Crippen LogP contribution in [0.15, 0.2) is 48.5 Å². The van der Waals surface area contributed by atoms with Gasteiger partial charge in [-0.15, -0.1) is 0 Å². The first-order valence-corrected chi connectivity index (χ1v) is 12.6. The standard InChI is InChI=1S/C28H38FN3O2/c1-20(2)19-34-26-13-9-21(10-14-26)15-30-28(33)32(16-22-7-11-25(29)12-8-22)27-23-5-4-6-24(27)18-31(3)17-23/h7-14,20,23-24,27H,4-6,15-19H2,1-3H3,(H,30,33)/t23-,24+,27?. The molecule has 3 atom stereocenters. The van der Waals surface area contributed by atoms with Crippen LogP contribution in [0.3, 0.4) is 0 Å². The number of carbonyl (C=O) groups is 1. The minimum Gasteiger partial charge on any atom is -0.493 e. The highest BCUT2D eigenvalue weighted by atomic mass is 19.1. The second kappa shape index (κ2) is 11.2. The molecule has 2 bridgehead atoms. The van der Waals surface area contributed by atoms with E-state index in [0.717, 1.165) is 42.8 Å². The summed E-state index contributed by atoms with van der Waals surface area (Å²) in [5.74, 6) is 2.02. The lowest BCUT2D eigenvalue weighted by molar-refractivity contribution is 0.00398. The topological polar surface area (TPSA) is 44.8 Å². The summed E-state index contributed by atoms with van der Waals surface area (Å²) in [6.07, 6.45) is 3.53. The molecule has 1 saturated heterocycles. The maximum absolute atomic E-state index is 13.5. The van der Waals surface area contributed by atoms with Crippen molar-refractivity contribution >= 4 is 6.03 Å². The van der Waals surface area contributed by atoms with E-state index in [-0.39, 0.29) is 17.9 Å². The SMILES string of the molecule is CC(C)COc1ccc(CNC(=O)N(Cc2ccc(F)cc2)C2[C@@H]3CCC[C@H]2CN(C)C3)cc1. The van der Waals surface area contributed by atoms with E-state index in [1.54, 1.807) is 12.1 Å². The van der Waals surface area contributed by atoms with Gasteiger partial charge in [-0.2, -0.15) is 0 Å². The van der Waals surface area contributed by atoms with Crippen LogP contribution in [0, 0.1) is 23.6 Å². The van der Waals surface area contributed by atoms with Crippen LogP contribution in [0.2, 0.25) is 0 Å². The zero-order valence-electron chi connectivity index (χ0n) is 20.7. The van der Waals surface area contributed by atoms with Crippen LogP contribution in [0.25, 0.3) is 0 Å². The summed E-state index contributed by atoms with van der Waals surface area (Å²) in [6.45, 7) is 7.94. The highest BCUT2D eigenvalue weighted by Gasteiger charge is 2.43. The van der Waals surface area contributed by atoms with Gasteiger partial charge in [-0.3, -0.25) is 0 Å². The molecule has 184 valence electrons. The quantitative estimate of drug-likeness (QED) is 0.573. The number of likely N-dealkylation sites (tertiary alicyclic amines) is 1. The molecule has 1 unspecified atom stereocenters. The Kier molecular flexibility index (Phi) is 8.09. The Morgan fingerprint density at radius 3 is 2.29 bits per heavy atom. The van der Waals surface area contributed by atoms with Crippen molar-refractivity contribution in [1.29, 1.82) is 0 Å². The number of hydrogen-bond donors (Lipinski definition) is 1. The van der Waals surface area contributed by atoms with Crippen molar-refractivity contribution in [3.63, 3.8) is 0 Å². The summed E-state index contributed by atoms with van der Waals surface area (Å²) < 4.78 is 19.3. The molecule has 2 aromatic rings. The van der Waals surface area contributed by atoms with E-state index in [4.69, 9.17) is 4.74 Å². The molecule has 0 aromatic heterocycles. The predicted octanol–water partition coefficient (Wildman–Crippen LogP) is 5.30. The number of fused-ring (bicyclic) bond motifs is 2. The van der Waals surface area contributed by atoms with Gasteiger partial charge < -0.3 is 19.9 Å². The van der Waals surface area contributed by atoms with E-state index in [0.29, 0.717) is 37.5 Å². The van der Waals surface area contributed by atoms with Gasteiger partial charge in [0.05, 0.1) is 6.61 Å². The molecule has 5 nitrogen and oxygen atoms in total. The first-order valence-electron chi connectivity index (χ1n) is 12.6. The van der Waals surface area contributed by atoms with Gasteiger partial charge in [-0.1, -0.05) is 44.5 Å². The number of rotatable bonds is 8. The number of carbonyl (C=O) groups excluding carboxylic acids is 1. The molecule has 2 aromatic carbocycles. The largest absolute Gasteiger partial charge is 0.493 e. The van der Waals surface area contributed by atoms with Crippen molar-refractivity contribution in [2.45, 2.75) is 52.2 Å². The Morgan fingerprint density at radius 1 is 1.06 bits per heavy atom. The van der Waals surface area contributed by atoms with Gasteiger partial charge in [0, 0.05) is 32.2 Å². The zero-order chi connectivity index (χ0) is 24.1. The molecular weight excluding hydrogens is 429 g/mol. The molecule has 34 heavy (non-hydrogen) atoms. The Labute approximate surface area is 203 Å². The van der Waals surface area contributed by atoms with Crippen molar-refractivity contribution in [2.24, 2.45) is 17.8 Å². The minimum atomic E-state index is -0.253. The van der Waals surface area contributed by atoms with E-state index < -0.39 is 0 Å². The highest BCUT2D eigenvalue weighted by Crippen LogP contribution is 2.38. The van der Waals surface area contributed by atoms with E-state index in [1.807, 2.05) is 29.2 Å². The maximum Gasteiger partial charge on any atom is 0.318 e. The molecule has 1 heterocycles. The fraction of sp³-hybridized carbons (Fsp3) is 0.536. The lowest BCUT2D eigenvalue weighted by atomic mass is 9.72. The molecular formula is C28H38FN3O2. The van der Waals surface area contributed by atoms with Gasteiger partial charge in [-0.05, 0) is 73.0 Å². The van der Waals surface area contributed by atoms with E-state index in [1.165, 1.54) is 18.6 Å². The van der Waals surface area contributed by atoms with Crippen LogP contribution in [0.5, 0.6) is 5.75 Å². The van der Waals surface area contributed by atoms with Crippen molar-refractivity contribution in [1.82, 2.24) is 15.1 Å². The maximum atomic E-state index is 13.5. The van der Waals surface area contributed by atoms with Gasteiger partial charge in [0.15, 0.2) is 0 Å². The summed E-state index contributed by atoms with van der Waals surface area (Å²) in [6, 6.07) is 14.6. The van der Waals surface area contributed by atoms with Crippen LogP contribution in [-0.4, -0.2) is 48.6 Å². The first kappa shape index (κ1) is 24.5. The summed E-state index contributed by atoms with van der Waals surface area (Å²) in [4.78, 5) is 18.0. The molecule has 1 aliphatic heterocycles. The van der Waals surface area contributed by atoms with Crippen molar-refractivity contribution in [3.8, 4) is 5.75 Å². The molecule has 4 rings (SSSR count). The van der Waals surface area contributed by atoms with E-state index in [9.17, 15) is 9.18 Å². The van der Waals surface area contributed by atoms with E-state index in [2.05, 4.69) is 31.1 Å². The molecule has 1 N–H and O–H groups in total. The Balaban J connectivity index is 1.46. The van der Waals surface area contributed by atoms with Crippen LogP contribution >= 0.6 is 0 Å². The molecule has 6 heteroatoms. The number of nitrogens with zero attached hydrogens (tertiary/aromatic N) is 2. The molecule has 0 spiro atoms. The summed E-state index contributed by atoms with van der Waals surface area (Å²) in [5, 5.41) is 3.16. The Morgan fingerprint density at radius 2 is 1.68 bits per heavy atom. The van der Waals surface area contributed by atoms with Gasteiger partial charge in [0.2, 0.25) is 0 Å². The van der Waals surface area contributed by atoms with Gasteiger partial charge in [0.25, 0.3) is 0 Å². The van der Waals surface area contributed by atoms with Gasteiger partial charge in [0.1, 0.15) is 11.6 Å². The second-order valence-corrected chi connectivity index (χ2v) is 10.4. The van der Waals surface area contributed by atoms with Crippen molar-refractivity contribution < 1.29 is 13.9 Å². The average Bonchev–Trinajstić information content (AvgIpc) is 2.81.